The van der Waals surface area contributed by atoms with Crippen molar-refractivity contribution < 1.29 is 9.47 Å². The van der Waals surface area contributed by atoms with Crippen molar-refractivity contribution in [3.63, 3.8) is 0 Å². The number of nitrogens with zero attached hydrogens (tertiary/aromatic N) is 1. The monoisotopic (exact) mass is 309 g/mol. The van der Waals surface area contributed by atoms with E-state index >= 15 is 0 Å². The molecule has 0 saturated carbocycles. The number of hydrogen-bond donors (Lipinski definition) is 0. The average Bonchev–Trinajstić information content (AvgIpc) is 2.56. The molecule has 3 nitrogen and oxygen atoms in total. The minimum absolute atomic E-state index is 0.568. The fourth-order valence-corrected chi connectivity index (χ4v) is 2.42. The van der Waals surface area contributed by atoms with Crippen molar-refractivity contribution in [3.8, 4) is 23.3 Å². The van der Waals surface area contributed by atoms with E-state index in [1.165, 1.54) is 0 Å². The summed E-state index contributed by atoms with van der Waals surface area (Å²) in [7, 11) is 1.57. The van der Waals surface area contributed by atoms with Gasteiger partial charge in [-0.05, 0) is 41.8 Å². The molecule has 4 heteroatoms. The van der Waals surface area contributed by atoms with Crippen LogP contribution < -0.4 is 9.47 Å². The number of ether oxygens (including phenoxy) is 2. The first-order chi connectivity index (χ1) is 10.7. The third-order valence-corrected chi connectivity index (χ3v) is 3.55. The highest BCUT2D eigenvalue weighted by Crippen LogP contribution is 2.36. The summed E-state index contributed by atoms with van der Waals surface area (Å²) >= 11 is 5.96. The topological polar surface area (TPSA) is 42.2 Å². The number of halogens is 1. The molecular formula is C18H12ClNO2. The van der Waals surface area contributed by atoms with E-state index in [4.69, 9.17) is 26.3 Å². The molecule has 3 rings (SSSR count). The number of nitriles is 1. The Balaban J connectivity index is 2.06. The van der Waals surface area contributed by atoms with Crippen LogP contribution in [-0.4, -0.2) is 7.11 Å². The minimum Gasteiger partial charge on any atom is -0.493 e. The van der Waals surface area contributed by atoms with E-state index in [-0.39, 0.29) is 0 Å². The van der Waals surface area contributed by atoms with Crippen molar-refractivity contribution in [1.29, 1.82) is 5.26 Å². The maximum atomic E-state index is 8.99. The fourth-order valence-electron chi connectivity index (χ4n) is 2.26. The molecule has 0 fully saturated rings. The molecule has 108 valence electrons. The molecule has 22 heavy (non-hydrogen) atoms. The maximum absolute atomic E-state index is 8.99. The summed E-state index contributed by atoms with van der Waals surface area (Å²) in [6.07, 6.45) is 0. The lowest BCUT2D eigenvalue weighted by Gasteiger charge is -2.12. The Bertz CT molecular complexity index is 884. The summed E-state index contributed by atoms with van der Waals surface area (Å²) in [5.41, 5.74) is 0.619. The van der Waals surface area contributed by atoms with Gasteiger partial charge in [0, 0.05) is 16.5 Å². The average molecular weight is 310 g/mol. The lowest BCUT2D eigenvalue weighted by atomic mass is 10.1. The van der Waals surface area contributed by atoms with Crippen LogP contribution >= 0.6 is 11.6 Å². The Kier molecular flexibility index (Phi) is 3.86. The molecular weight excluding hydrogens is 298 g/mol. The summed E-state index contributed by atoms with van der Waals surface area (Å²) in [6, 6.07) is 18.6. The van der Waals surface area contributed by atoms with E-state index in [1.54, 1.807) is 31.4 Å². The van der Waals surface area contributed by atoms with E-state index in [1.807, 2.05) is 30.3 Å². The summed E-state index contributed by atoms with van der Waals surface area (Å²) < 4.78 is 11.3. The van der Waals surface area contributed by atoms with E-state index in [2.05, 4.69) is 6.07 Å². The molecule has 0 aliphatic heterocycles. The molecule has 0 bridgehead atoms. The predicted octanol–water partition coefficient (Wildman–Crippen LogP) is 5.17. The van der Waals surface area contributed by atoms with Crippen molar-refractivity contribution >= 4 is 22.4 Å². The molecule has 0 saturated heterocycles. The minimum atomic E-state index is 0.568. The second kappa shape index (κ2) is 5.97. The van der Waals surface area contributed by atoms with Gasteiger partial charge in [-0.1, -0.05) is 23.7 Å². The second-order valence-corrected chi connectivity index (χ2v) is 5.14. The quantitative estimate of drug-likeness (QED) is 0.670. The van der Waals surface area contributed by atoms with Crippen LogP contribution in [0.1, 0.15) is 5.56 Å². The number of fused-ring (bicyclic) bond motifs is 1. The van der Waals surface area contributed by atoms with Crippen LogP contribution in [0.15, 0.2) is 54.6 Å². The normalized spacial score (nSPS) is 10.2. The Labute approximate surface area is 133 Å². The highest BCUT2D eigenvalue weighted by molar-refractivity contribution is 6.30. The van der Waals surface area contributed by atoms with Crippen LogP contribution in [-0.2, 0) is 0 Å². The van der Waals surface area contributed by atoms with Crippen LogP contribution in [0.3, 0.4) is 0 Å². The molecule has 3 aromatic rings. The zero-order chi connectivity index (χ0) is 15.5. The van der Waals surface area contributed by atoms with E-state index < -0.39 is 0 Å². The molecule has 0 aliphatic carbocycles. The Morgan fingerprint density at radius 2 is 1.82 bits per heavy atom. The lowest BCUT2D eigenvalue weighted by molar-refractivity contribution is 0.380. The summed E-state index contributed by atoms with van der Waals surface area (Å²) in [4.78, 5) is 0. The van der Waals surface area contributed by atoms with E-state index in [0.29, 0.717) is 27.8 Å². The van der Waals surface area contributed by atoms with Gasteiger partial charge in [-0.25, -0.2) is 0 Å². The lowest BCUT2D eigenvalue weighted by Crippen LogP contribution is -1.91. The molecule has 0 aromatic heterocycles. The van der Waals surface area contributed by atoms with Crippen molar-refractivity contribution in [2.45, 2.75) is 0 Å². The first-order valence-corrected chi connectivity index (χ1v) is 7.03. The van der Waals surface area contributed by atoms with Crippen molar-refractivity contribution in [2.75, 3.05) is 7.11 Å². The zero-order valence-corrected chi connectivity index (χ0v) is 12.6. The molecule has 0 radical (unpaired) electrons. The number of methoxy groups -OCH3 is 1. The van der Waals surface area contributed by atoms with Crippen LogP contribution in [0.25, 0.3) is 10.8 Å². The SMILES string of the molecule is COc1cc(Cl)ccc1Oc1cccc2cc(C#N)ccc12. The zero-order valence-electron chi connectivity index (χ0n) is 11.8. The van der Waals surface area contributed by atoms with Gasteiger partial charge in [-0.15, -0.1) is 0 Å². The molecule has 0 atom stereocenters. The molecule has 0 amide bonds. The standard InChI is InChI=1S/C18H12ClNO2/c1-21-18-10-14(19)6-8-17(18)22-16-4-2-3-13-9-12(11-20)5-7-15(13)16/h2-10H,1H3. The predicted molar refractivity (Wildman–Crippen MR) is 86.7 cm³/mol. The fraction of sp³-hybridized carbons (Fsp3) is 0.0556. The number of benzene rings is 3. The maximum Gasteiger partial charge on any atom is 0.169 e. The molecule has 0 N–H and O–H groups in total. The van der Waals surface area contributed by atoms with Crippen LogP contribution in [0.2, 0.25) is 5.02 Å². The van der Waals surface area contributed by atoms with Gasteiger partial charge in [0.2, 0.25) is 0 Å². The van der Waals surface area contributed by atoms with E-state index in [0.717, 1.165) is 10.8 Å². The van der Waals surface area contributed by atoms with Gasteiger partial charge < -0.3 is 9.47 Å². The summed E-state index contributed by atoms with van der Waals surface area (Å²) in [6.45, 7) is 0. The molecule has 0 unspecified atom stereocenters. The van der Waals surface area contributed by atoms with Gasteiger partial charge in [0.15, 0.2) is 11.5 Å². The molecule has 0 aliphatic rings. The highest BCUT2D eigenvalue weighted by Gasteiger charge is 2.09. The second-order valence-electron chi connectivity index (χ2n) is 4.70. The van der Waals surface area contributed by atoms with Gasteiger partial charge >= 0.3 is 0 Å². The third kappa shape index (κ3) is 2.69. The van der Waals surface area contributed by atoms with Crippen LogP contribution in [0.4, 0.5) is 0 Å². The molecule has 0 heterocycles. The first-order valence-electron chi connectivity index (χ1n) is 6.65. The summed E-state index contributed by atoms with van der Waals surface area (Å²) in [5.74, 6) is 1.85. The number of hydrogen-bond acceptors (Lipinski definition) is 3. The van der Waals surface area contributed by atoms with Crippen molar-refractivity contribution in [2.24, 2.45) is 0 Å². The molecule has 0 spiro atoms. The first kappa shape index (κ1) is 14.2. The Hall–Kier alpha value is -2.70. The third-order valence-electron chi connectivity index (χ3n) is 3.32. The molecule has 3 aromatic carbocycles. The van der Waals surface area contributed by atoms with Crippen molar-refractivity contribution in [1.82, 2.24) is 0 Å². The van der Waals surface area contributed by atoms with Gasteiger partial charge in [0.1, 0.15) is 5.75 Å². The Morgan fingerprint density at radius 3 is 2.59 bits per heavy atom. The van der Waals surface area contributed by atoms with Gasteiger partial charge in [-0.2, -0.15) is 5.26 Å². The van der Waals surface area contributed by atoms with Gasteiger partial charge in [0.05, 0.1) is 18.7 Å². The highest BCUT2D eigenvalue weighted by atomic mass is 35.5. The van der Waals surface area contributed by atoms with Gasteiger partial charge in [-0.3, -0.25) is 0 Å². The van der Waals surface area contributed by atoms with Gasteiger partial charge in [0.25, 0.3) is 0 Å². The van der Waals surface area contributed by atoms with Crippen LogP contribution in [0.5, 0.6) is 17.2 Å². The van der Waals surface area contributed by atoms with E-state index in [9.17, 15) is 0 Å². The largest absolute Gasteiger partial charge is 0.493 e. The smallest absolute Gasteiger partial charge is 0.169 e. The Morgan fingerprint density at radius 1 is 0.955 bits per heavy atom. The summed E-state index contributed by atoms with van der Waals surface area (Å²) in [5, 5.41) is 11.4. The number of rotatable bonds is 3. The van der Waals surface area contributed by atoms with Crippen LogP contribution in [0, 0.1) is 11.3 Å². The van der Waals surface area contributed by atoms with Crippen molar-refractivity contribution in [3.05, 3.63) is 65.2 Å².